The molecule has 0 aromatic heterocycles. The Morgan fingerprint density at radius 3 is 2.76 bits per heavy atom. The van der Waals surface area contributed by atoms with E-state index in [2.05, 4.69) is 5.32 Å². The summed E-state index contributed by atoms with van der Waals surface area (Å²) in [7, 11) is 0. The van der Waals surface area contributed by atoms with E-state index in [1.54, 1.807) is 11.8 Å². The monoisotopic (exact) mass is 383 g/mol. The Hall–Kier alpha value is -1.24. The molecule has 1 aliphatic heterocycles. The van der Waals surface area contributed by atoms with E-state index < -0.39 is 0 Å². The Balaban J connectivity index is 1.78. The Morgan fingerprint density at radius 1 is 1.28 bits per heavy atom. The number of amides is 2. The molecule has 2 rings (SSSR count). The molecule has 1 fully saturated rings. The van der Waals surface area contributed by atoms with Gasteiger partial charge in [-0.05, 0) is 37.0 Å². The molecule has 0 saturated carbocycles. The van der Waals surface area contributed by atoms with Gasteiger partial charge >= 0.3 is 0 Å². The summed E-state index contributed by atoms with van der Waals surface area (Å²) in [6, 6.07) is 7.79. The van der Waals surface area contributed by atoms with E-state index in [4.69, 9.17) is 17.3 Å². The van der Waals surface area contributed by atoms with Crippen LogP contribution in [0.25, 0.3) is 0 Å². The highest BCUT2D eigenvalue weighted by Crippen LogP contribution is 2.20. The first-order valence-corrected chi connectivity index (χ1v) is 10.2. The molecule has 0 radical (unpaired) electrons. The van der Waals surface area contributed by atoms with Gasteiger partial charge in [0.15, 0.2) is 0 Å². The summed E-state index contributed by atoms with van der Waals surface area (Å²) in [5, 5.41) is 3.61. The van der Waals surface area contributed by atoms with Crippen LogP contribution in [-0.2, 0) is 15.3 Å². The maximum Gasteiger partial charge on any atom is 0.232 e. The molecule has 5 nitrogen and oxygen atoms in total. The van der Waals surface area contributed by atoms with Gasteiger partial charge in [-0.25, -0.2) is 0 Å². The number of nitrogens with one attached hydrogen (secondary N) is 1. The second kappa shape index (κ2) is 10.7. The number of thioether (sulfide) groups is 1. The third-order valence-corrected chi connectivity index (χ3v) is 5.50. The molecule has 138 valence electrons. The van der Waals surface area contributed by atoms with Crippen LogP contribution in [-0.4, -0.2) is 48.1 Å². The lowest BCUT2D eigenvalue weighted by Gasteiger charge is -2.36. The Kier molecular flexibility index (Phi) is 8.58. The van der Waals surface area contributed by atoms with Crippen LogP contribution in [0.15, 0.2) is 24.3 Å². The van der Waals surface area contributed by atoms with Gasteiger partial charge in [0.1, 0.15) is 0 Å². The fourth-order valence-electron chi connectivity index (χ4n) is 2.91. The normalized spacial score (nSPS) is 17.4. The minimum absolute atomic E-state index is 0.0439. The number of carbonyl (C=O) groups is 2. The first kappa shape index (κ1) is 20.1. The lowest BCUT2D eigenvalue weighted by atomic mass is 10.0. The van der Waals surface area contributed by atoms with Gasteiger partial charge in [-0.2, -0.15) is 0 Å². The number of hydrogen-bond acceptors (Lipinski definition) is 4. The van der Waals surface area contributed by atoms with E-state index in [9.17, 15) is 9.59 Å². The second-order valence-corrected chi connectivity index (χ2v) is 7.62. The number of piperidine rings is 1. The molecule has 1 aromatic carbocycles. The molecule has 1 heterocycles. The lowest BCUT2D eigenvalue weighted by molar-refractivity contribution is -0.132. The zero-order chi connectivity index (χ0) is 18.1. The zero-order valence-electron chi connectivity index (χ0n) is 14.4. The van der Waals surface area contributed by atoms with Crippen molar-refractivity contribution in [2.24, 2.45) is 5.73 Å². The van der Waals surface area contributed by atoms with Crippen LogP contribution in [0.4, 0.5) is 0 Å². The molecule has 7 heteroatoms. The van der Waals surface area contributed by atoms with Crippen molar-refractivity contribution < 1.29 is 9.59 Å². The number of benzene rings is 1. The molecule has 0 spiro atoms. The molecule has 1 saturated heterocycles. The SMILES string of the molecule is NCCC(=O)NCC1CCCCN1C(=O)CSCc1ccc(Cl)cc1. The number of hydrogen-bond donors (Lipinski definition) is 2. The quantitative estimate of drug-likeness (QED) is 0.722. The maximum atomic E-state index is 12.6. The largest absolute Gasteiger partial charge is 0.354 e. The Labute approximate surface area is 158 Å². The van der Waals surface area contributed by atoms with Gasteiger partial charge < -0.3 is 16.0 Å². The first-order chi connectivity index (χ1) is 12.1. The van der Waals surface area contributed by atoms with Crippen molar-refractivity contribution in [3.63, 3.8) is 0 Å². The summed E-state index contributed by atoms with van der Waals surface area (Å²) in [6.45, 7) is 1.64. The number of rotatable bonds is 8. The topological polar surface area (TPSA) is 75.4 Å². The molecule has 1 aromatic rings. The standard InChI is InChI=1S/C18H26ClN3O2S/c19-15-6-4-14(5-7-15)12-25-13-18(24)22-10-2-1-3-16(22)11-21-17(23)8-9-20/h4-7,16H,1-3,8-13,20H2,(H,21,23). The van der Waals surface area contributed by atoms with Gasteiger partial charge in [0.25, 0.3) is 0 Å². The minimum atomic E-state index is -0.0439. The van der Waals surface area contributed by atoms with E-state index in [0.717, 1.165) is 42.1 Å². The van der Waals surface area contributed by atoms with Crippen molar-refractivity contribution in [3.8, 4) is 0 Å². The Bertz CT molecular complexity index is 568. The maximum absolute atomic E-state index is 12.6. The summed E-state index contributed by atoms with van der Waals surface area (Å²) in [5.74, 6) is 1.35. The molecular weight excluding hydrogens is 358 g/mol. The first-order valence-electron chi connectivity index (χ1n) is 8.68. The second-order valence-electron chi connectivity index (χ2n) is 6.20. The van der Waals surface area contributed by atoms with E-state index in [1.165, 1.54) is 0 Å². The van der Waals surface area contributed by atoms with E-state index in [1.807, 2.05) is 29.2 Å². The van der Waals surface area contributed by atoms with Crippen molar-refractivity contribution in [1.29, 1.82) is 0 Å². The van der Waals surface area contributed by atoms with Crippen molar-refractivity contribution in [2.45, 2.75) is 37.5 Å². The van der Waals surface area contributed by atoms with E-state index in [-0.39, 0.29) is 17.9 Å². The number of halogens is 1. The number of nitrogens with two attached hydrogens (primary N) is 1. The molecular formula is C18H26ClN3O2S. The molecule has 1 atom stereocenters. The van der Waals surface area contributed by atoms with Crippen LogP contribution in [0.3, 0.4) is 0 Å². The average Bonchev–Trinajstić information content (AvgIpc) is 2.62. The van der Waals surface area contributed by atoms with Crippen LogP contribution >= 0.6 is 23.4 Å². The highest BCUT2D eigenvalue weighted by molar-refractivity contribution is 7.99. The minimum Gasteiger partial charge on any atom is -0.354 e. The van der Waals surface area contributed by atoms with Gasteiger partial charge in [-0.1, -0.05) is 23.7 Å². The smallest absolute Gasteiger partial charge is 0.232 e. The van der Waals surface area contributed by atoms with Crippen molar-refractivity contribution in [3.05, 3.63) is 34.9 Å². The van der Waals surface area contributed by atoms with Gasteiger partial charge in [0, 0.05) is 42.9 Å². The summed E-state index contributed by atoms with van der Waals surface area (Å²) < 4.78 is 0. The Morgan fingerprint density at radius 2 is 2.04 bits per heavy atom. The predicted molar refractivity (Wildman–Crippen MR) is 104 cm³/mol. The number of nitrogens with zero attached hydrogens (tertiary/aromatic N) is 1. The molecule has 1 unspecified atom stereocenters. The predicted octanol–water partition coefficient (Wildman–Crippen LogP) is 2.42. The van der Waals surface area contributed by atoms with E-state index >= 15 is 0 Å². The third-order valence-electron chi connectivity index (χ3n) is 4.26. The van der Waals surface area contributed by atoms with Gasteiger partial charge in [0.2, 0.25) is 11.8 Å². The average molecular weight is 384 g/mol. The van der Waals surface area contributed by atoms with E-state index in [0.29, 0.717) is 25.3 Å². The summed E-state index contributed by atoms with van der Waals surface area (Å²) in [5.41, 5.74) is 6.55. The molecule has 1 aliphatic rings. The lowest BCUT2D eigenvalue weighted by Crippen LogP contribution is -2.50. The molecule has 0 bridgehead atoms. The summed E-state index contributed by atoms with van der Waals surface area (Å²) in [4.78, 5) is 26.1. The third kappa shape index (κ3) is 6.88. The number of carbonyl (C=O) groups excluding carboxylic acids is 2. The molecule has 25 heavy (non-hydrogen) atoms. The molecule has 0 aliphatic carbocycles. The summed E-state index contributed by atoms with van der Waals surface area (Å²) >= 11 is 7.49. The van der Waals surface area contributed by atoms with Crippen LogP contribution in [0, 0.1) is 0 Å². The summed E-state index contributed by atoms with van der Waals surface area (Å²) in [6.07, 6.45) is 3.40. The molecule has 2 amide bonds. The van der Waals surface area contributed by atoms with Crippen molar-refractivity contribution >= 4 is 35.2 Å². The fourth-order valence-corrected chi connectivity index (χ4v) is 3.91. The fraction of sp³-hybridized carbons (Fsp3) is 0.556. The van der Waals surface area contributed by atoms with Crippen LogP contribution in [0.5, 0.6) is 0 Å². The van der Waals surface area contributed by atoms with Gasteiger partial charge in [-0.3, -0.25) is 9.59 Å². The highest BCUT2D eigenvalue weighted by atomic mass is 35.5. The van der Waals surface area contributed by atoms with Gasteiger partial charge in [0.05, 0.1) is 5.75 Å². The molecule has 3 N–H and O–H groups in total. The highest BCUT2D eigenvalue weighted by Gasteiger charge is 2.26. The van der Waals surface area contributed by atoms with Crippen LogP contribution < -0.4 is 11.1 Å². The van der Waals surface area contributed by atoms with Gasteiger partial charge in [-0.15, -0.1) is 11.8 Å². The van der Waals surface area contributed by atoms with Crippen molar-refractivity contribution in [1.82, 2.24) is 10.2 Å². The van der Waals surface area contributed by atoms with Crippen LogP contribution in [0.2, 0.25) is 5.02 Å². The zero-order valence-corrected chi connectivity index (χ0v) is 16.0. The van der Waals surface area contributed by atoms with Crippen LogP contribution in [0.1, 0.15) is 31.2 Å². The van der Waals surface area contributed by atoms with Crippen molar-refractivity contribution in [2.75, 3.05) is 25.4 Å². The number of likely N-dealkylation sites (tertiary alicyclic amines) is 1.